The molecule has 1 aromatic rings. The van der Waals surface area contributed by atoms with E-state index in [9.17, 15) is 24.8 Å². The number of hydrogen-bond acceptors (Lipinski definition) is 6. The quantitative estimate of drug-likeness (QED) is 0.290. The maximum absolute atomic E-state index is 12.5. The fraction of sp³-hybridized carbons (Fsp3) is 0.579. The third-order valence-corrected chi connectivity index (χ3v) is 4.81. The van der Waals surface area contributed by atoms with Gasteiger partial charge in [-0.15, -0.1) is 0 Å². The summed E-state index contributed by atoms with van der Waals surface area (Å²) in [6, 6.07) is 4.50. The van der Waals surface area contributed by atoms with Gasteiger partial charge < -0.3 is 14.7 Å². The Labute approximate surface area is 158 Å². The predicted octanol–water partition coefficient (Wildman–Crippen LogP) is 2.72. The number of aliphatic hydroxyl groups excluding tert-OH is 1. The van der Waals surface area contributed by atoms with E-state index in [0.717, 1.165) is 25.7 Å². The number of ether oxygens (including phenoxy) is 1. The van der Waals surface area contributed by atoms with E-state index in [1.54, 1.807) is 4.90 Å². The smallest absolute Gasteiger partial charge is 0.321 e. The van der Waals surface area contributed by atoms with Crippen molar-refractivity contribution >= 4 is 17.9 Å². The number of nitro groups is 1. The number of carbonyl (C=O) groups is 2. The summed E-state index contributed by atoms with van der Waals surface area (Å²) in [5, 5.41) is 20.4. The second kappa shape index (κ2) is 10.6. The molecule has 0 heterocycles. The zero-order valence-electron chi connectivity index (χ0n) is 15.3. The third-order valence-electron chi connectivity index (χ3n) is 4.81. The molecule has 1 amide bonds. The summed E-state index contributed by atoms with van der Waals surface area (Å²) in [7, 11) is 0. The predicted molar refractivity (Wildman–Crippen MR) is 98.9 cm³/mol. The van der Waals surface area contributed by atoms with Crippen molar-refractivity contribution in [1.82, 2.24) is 4.90 Å². The van der Waals surface area contributed by atoms with Gasteiger partial charge in [0.25, 0.3) is 0 Å². The number of carbonyl (C=O) groups excluding carboxylic acids is 2. The van der Waals surface area contributed by atoms with Crippen molar-refractivity contribution < 1.29 is 24.4 Å². The molecule has 8 heteroatoms. The van der Waals surface area contributed by atoms with Crippen LogP contribution in [0.4, 0.5) is 5.69 Å². The normalized spacial score (nSPS) is 14.6. The van der Waals surface area contributed by atoms with Crippen molar-refractivity contribution in [3.63, 3.8) is 0 Å². The second-order valence-electron chi connectivity index (χ2n) is 6.62. The van der Waals surface area contributed by atoms with Gasteiger partial charge in [0.15, 0.2) is 12.0 Å². The first-order valence-electron chi connectivity index (χ1n) is 9.34. The molecule has 0 bridgehead atoms. The lowest BCUT2D eigenvalue weighted by Crippen LogP contribution is -2.43. The van der Waals surface area contributed by atoms with Gasteiger partial charge in [0.05, 0.1) is 23.7 Å². The molecule has 1 N–H and O–H groups in total. The van der Waals surface area contributed by atoms with Crippen molar-refractivity contribution in [3.05, 3.63) is 33.9 Å². The number of para-hydroxylation sites is 1. The van der Waals surface area contributed by atoms with Gasteiger partial charge in [-0.3, -0.25) is 19.7 Å². The first-order valence-corrected chi connectivity index (χ1v) is 9.34. The van der Waals surface area contributed by atoms with Crippen LogP contribution in [0.25, 0.3) is 0 Å². The summed E-state index contributed by atoms with van der Waals surface area (Å²) >= 11 is 0. The molecule has 0 aromatic heterocycles. The van der Waals surface area contributed by atoms with Crippen LogP contribution < -0.4 is 4.74 Å². The van der Waals surface area contributed by atoms with Crippen molar-refractivity contribution in [3.8, 4) is 5.75 Å². The van der Waals surface area contributed by atoms with E-state index < -0.39 is 4.92 Å². The largest absolute Gasteiger partial charge is 0.487 e. The molecule has 0 saturated heterocycles. The van der Waals surface area contributed by atoms with E-state index in [0.29, 0.717) is 19.3 Å². The number of aldehydes is 1. The summed E-state index contributed by atoms with van der Waals surface area (Å²) in [6.07, 6.45) is 6.38. The topological polar surface area (TPSA) is 110 Å². The van der Waals surface area contributed by atoms with Gasteiger partial charge in [0.2, 0.25) is 5.91 Å². The third kappa shape index (κ3) is 5.75. The van der Waals surface area contributed by atoms with E-state index in [2.05, 4.69) is 0 Å². The van der Waals surface area contributed by atoms with E-state index in [-0.39, 0.29) is 48.6 Å². The second-order valence-corrected chi connectivity index (χ2v) is 6.62. The SMILES string of the molecule is O=Cc1cccc(OCCCC(=O)N(CCO)C2CCCCC2)c1[N+](=O)[O-]. The monoisotopic (exact) mass is 378 g/mol. The van der Waals surface area contributed by atoms with Gasteiger partial charge in [0.1, 0.15) is 0 Å². The molecule has 0 spiro atoms. The van der Waals surface area contributed by atoms with Crippen LogP contribution in [0.1, 0.15) is 55.3 Å². The summed E-state index contributed by atoms with van der Waals surface area (Å²) in [5.74, 6) is -0.00719. The molecule has 27 heavy (non-hydrogen) atoms. The van der Waals surface area contributed by atoms with Gasteiger partial charge in [0, 0.05) is 19.0 Å². The molecule has 0 atom stereocenters. The van der Waals surface area contributed by atoms with Gasteiger partial charge in [-0.2, -0.15) is 0 Å². The molecule has 8 nitrogen and oxygen atoms in total. The summed E-state index contributed by atoms with van der Waals surface area (Å²) in [4.78, 5) is 35.8. The maximum Gasteiger partial charge on any atom is 0.321 e. The summed E-state index contributed by atoms with van der Waals surface area (Å²) in [5.41, 5.74) is -0.400. The molecular formula is C19H26N2O6. The van der Waals surface area contributed by atoms with E-state index in [1.807, 2.05) is 0 Å². The van der Waals surface area contributed by atoms with E-state index in [4.69, 9.17) is 4.74 Å². The van der Waals surface area contributed by atoms with Crippen LogP contribution in [0.3, 0.4) is 0 Å². The van der Waals surface area contributed by atoms with Crippen molar-refractivity contribution in [2.45, 2.75) is 51.0 Å². The lowest BCUT2D eigenvalue weighted by molar-refractivity contribution is -0.386. The highest BCUT2D eigenvalue weighted by Gasteiger charge is 2.25. The molecule has 1 fully saturated rings. The lowest BCUT2D eigenvalue weighted by atomic mass is 9.94. The Bertz CT molecular complexity index is 658. The molecule has 0 radical (unpaired) electrons. The number of nitro benzene ring substituents is 1. The highest BCUT2D eigenvalue weighted by Crippen LogP contribution is 2.30. The summed E-state index contributed by atoms with van der Waals surface area (Å²) < 4.78 is 5.46. The lowest BCUT2D eigenvalue weighted by Gasteiger charge is -2.34. The van der Waals surface area contributed by atoms with Crippen LogP contribution in [0.2, 0.25) is 0 Å². The van der Waals surface area contributed by atoms with Gasteiger partial charge >= 0.3 is 5.69 Å². The number of aliphatic hydroxyl groups is 1. The van der Waals surface area contributed by atoms with Crippen molar-refractivity contribution in [1.29, 1.82) is 0 Å². The van der Waals surface area contributed by atoms with Crippen molar-refractivity contribution in [2.75, 3.05) is 19.8 Å². The van der Waals surface area contributed by atoms with Crippen LogP contribution >= 0.6 is 0 Å². The Kier molecular flexibility index (Phi) is 8.19. The van der Waals surface area contributed by atoms with Crippen LogP contribution in [-0.2, 0) is 4.79 Å². The number of hydrogen-bond donors (Lipinski definition) is 1. The number of benzene rings is 1. The summed E-state index contributed by atoms with van der Waals surface area (Å²) in [6.45, 7) is 0.396. The standard InChI is InChI=1S/C19H26N2O6/c22-12-11-20(16-7-2-1-3-8-16)18(24)10-5-13-27-17-9-4-6-15(14-23)19(17)21(25)26/h4,6,9,14,16,22H,1-3,5,7-8,10-13H2. The Morgan fingerprint density at radius 2 is 2.07 bits per heavy atom. The zero-order valence-corrected chi connectivity index (χ0v) is 15.3. The number of amides is 1. The Balaban J connectivity index is 1.89. The van der Waals surface area contributed by atoms with E-state index >= 15 is 0 Å². The average Bonchev–Trinajstić information content (AvgIpc) is 2.69. The number of rotatable bonds is 10. The van der Waals surface area contributed by atoms with Crippen LogP contribution in [0.5, 0.6) is 5.75 Å². The molecule has 1 aromatic carbocycles. The van der Waals surface area contributed by atoms with Crippen LogP contribution in [-0.4, -0.2) is 52.9 Å². The maximum atomic E-state index is 12.5. The highest BCUT2D eigenvalue weighted by atomic mass is 16.6. The average molecular weight is 378 g/mol. The Morgan fingerprint density at radius 1 is 1.33 bits per heavy atom. The van der Waals surface area contributed by atoms with Crippen molar-refractivity contribution in [2.24, 2.45) is 0 Å². The fourth-order valence-electron chi connectivity index (χ4n) is 3.51. The molecular weight excluding hydrogens is 352 g/mol. The molecule has 148 valence electrons. The zero-order chi connectivity index (χ0) is 19.6. The van der Waals surface area contributed by atoms with Crippen LogP contribution in [0, 0.1) is 10.1 Å². The molecule has 1 aliphatic rings. The minimum absolute atomic E-state index is 0.0246. The first-order chi connectivity index (χ1) is 13.1. The highest BCUT2D eigenvalue weighted by molar-refractivity contribution is 5.83. The van der Waals surface area contributed by atoms with Gasteiger partial charge in [-0.1, -0.05) is 25.3 Å². The van der Waals surface area contributed by atoms with E-state index in [1.165, 1.54) is 24.6 Å². The molecule has 2 rings (SSSR count). The molecule has 0 unspecified atom stereocenters. The van der Waals surface area contributed by atoms with Crippen LogP contribution in [0.15, 0.2) is 18.2 Å². The molecule has 1 saturated carbocycles. The van der Waals surface area contributed by atoms with Gasteiger partial charge in [-0.05, 0) is 31.4 Å². The first kappa shape index (κ1) is 20.8. The molecule has 1 aliphatic carbocycles. The van der Waals surface area contributed by atoms with Gasteiger partial charge in [-0.25, -0.2) is 0 Å². The fourth-order valence-corrected chi connectivity index (χ4v) is 3.51. The minimum Gasteiger partial charge on any atom is -0.487 e. The number of nitrogens with zero attached hydrogens (tertiary/aromatic N) is 2. The Hall–Kier alpha value is -2.48. The molecule has 0 aliphatic heterocycles. The minimum atomic E-state index is -0.643. The Morgan fingerprint density at radius 3 is 2.70 bits per heavy atom.